The summed E-state index contributed by atoms with van der Waals surface area (Å²) in [5, 5.41) is 13.9. The van der Waals surface area contributed by atoms with E-state index in [-0.39, 0.29) is 29.0 Å². The van der Waals surface area contributed by atoms with Gasteiger partial charge in [-0.1, -0.05) is 16.8 Å². The monoisotopic (exact) mass is 283 g/mol. The molecule has 2 aromatic rings. The predicted molar refractivity (Wildman–Crippen MR) is 65.3 cm³/mol. The molecule has 0 spiro atoms. The summed E-state index contributed by atoms with van der Waals surface area (Å²) >= 11 is 6.04. The molecule has 0 unspecified atom stereocenters. The number of nitrogens with zero attached hydrogens (tertiary/aromatic N) is 2. The number of aromatic hydroxyl groups is 1. The van der Waals surface area contributed by atoms with Gasteiger partial charge in [0, 0.05) is 0 Å². The number of phenolic OH excluding ortho intramolecular Hbond substituents is 1. The van der Waals surface area contributed by atoms with Gasteiger partial charge in [-0.3, -0.25) is 0 Å². The molecule has 8 heteroatoms. The highest BCUT2D eigenvalue weighted by Gasteiger charge is 2.24. The lowest BCUT2D eigenvalue weighted by atomic mass is 10.1. The van der Waals surface area contributed by atoms with Crippen LogP contribution in [0.3, 0.4) is 0 Å². The van der Waals surface area contributed by atoms with Crippen molar-refractivity contribution in [3.05, 3.63) is 17.0 Å². The number of phenols is 1. The van der Waals surface area contributed by atoms with Crippen LogP contribution >= 0.6 is 11.6 Å². The summed E-state index contributed by atoms with van der Waals surface area (Å²) in [5.41, 5.74) is 5.69. The van der Waals surface area contributed by atoms with Crippen molar-refractivity contribution in [3.63, 3.8) is 0 Å². The summed E-state index contributed by atoms with van der Waals surface area (Å²) in [5.74, 6) is 1.02. The van der Waals surface area contributed by atoms with Gasteiger partial charge in [-0.25, -0.2) is 0 Å². The SMILES string of the molecule is NCc1nc(-c2cc3c(c(Cl)c2O)OCCO3)no1. The fourth-order valence-corrected chi connectivity index (χ4v) is 2.00. The maximum atomic E-state index is 10.1. The Balaban J connectivity index is 2.13. The zero-order valence-electron chi connectivity index (χ0n) is 9.72. The van der Waals surface area contributed by atoms with Crippen LogP contribution < -0.4 is 15.2 Å². The average molecular weight is 284 g/mol. The zero-order valence-corrected chi connectivity index (χ0v) is 10.5. The average Bonchev–Trinajstić information content (AvgIpc) is 2.91. The van der Waals surface area contributed by atoms with Gasteiger partial charge in [-0.05, 0) is 6.07 Å². The quantitative estimate of drug-likeness (QED) is 0.856. The summed E-state index contributed by atoms with van der Waals surface area (Å²) < 4.78 is 15.7. The second-order valence-corrected chi connectivity index (χ2v) is 4.20. The molecule has 1 aromatic carbocycles. The van der Waals surface area contributed by atoms with E-state index in [2.05, 4.69) is 10.1 Å². The first-order chi connectivity index (χ1) is 9.20. The number of halogens is 1. The maximum absolute atomic E-state index is 10.1. The molecule has 0 atom stereocenters. The van der Waals surface area contributed by atoms with Crippen LogP contribution in [0, 0.1) is 0 Å². The molecular formula is C11H10ClN3O4. The highest BCUT2D eigenvalue weighted by Crippen LogP contribution is 2.47. The van der Waals surface area contributed by atoms with Gasteiger partial charge in [0.05, 0.1) is 12.1 Å². The van der Waals surface area contributed by atoms with Gasteiger partial charge in [0.2, 0.25) is 11.7 Å². The van der Waals surface area contributed by atoms with E-state index < -0.39 is 0 Å². The van der Waals surface area contributed by atoms with Gasteiger partial charge in [0.25, 0.3) is 0 Å². The minimum absolute atomic E-state index is 0.0614. The second-order valence-electron chi connectivity index (χ2n) is 3.83. The normalized spacial score (nSPS) is 13.6. The summed E-state index contributed by atoms with van der Waals surface area (Å²) in [6.07, 6.45) is 0. The van der Waals surface area contributed by atoms with Crippen molar-refractivity contribution in [2.45, 2.75) is 6.54 Å². The molecule has 0 aliphatic carbocycles. The van der Waals surface area contributed by atoms with E-state index in [0.29, 0.717) is 30.3 Å². The van der Waals surface area contributed by atoms with Gasteiger partial charge in [0.15, 0.2) is 11.5 Å². The van der Waals surface area contributed by atoms with Crippen molar-refractivity contribution in [1.82, 2.24) is 10.1 Å². The highest BCUT2D eigenvalue weighted by atomic mass is 35.5. The molecule has 3 rings (SSSR count). The number of benzene rings is 1. The summed E-state index contributed by atoms with van der Waals surface area (Å²) in [6.45, 7) is 0.908. The minimum Gasteiger partial charge on any atom is -0.505 e. The third-order valence-electron chi connectivity index (χ3n) is 2.63. The minimum atomic E-state index is -0.185. The molecule has 0 fully saturated rings. The molecule has 0 radical (unpaired) electrons. The second kappa shape index (κ2) is 4.60. The molecule has 2 heterocycles. The Labute approximate surface area is 112 Å². The summed E-state index contributed by atoms with van der Waals surface area (Å²) in [7, 11) is 0. The van der Waals surface area contributed by atoms with Crippen LogP contribution in [-0.2, 0) is 6.54 Å². The van der Waals surface area contributed by atoms with Crippen LogP contribution in [-0.4, -0.2) is 28.5 Å². The van der Waals surface area contributed by atoms with Gasteiger partial charge >= 0.3 is 0 Å². The Morgan fingerprint density at radius 3 is 2.89 bits per heavy atom. The molecule has 0 bridgehead atoms. The molecule has 1 aliphatic rings. The van der Waals surface area contributed by atoms with Crippen molar-refractivity contribution in [3.8, 4) is 28.6 Å². The number of ether oxygens (including phenoxy) is 2. The van der Waals surface area contributed by atoms with Crippen LogP contribution in [0.4, 0.5) is 0 Å². The van der Waals surface area contributed by atoms with Crippen molar-refractivity contribution in [1.29, 1.82) is 0 Å². The van der Waals surface area contributed by atoms with E-state index in [1.54, 1.807) is 6.07 Å². The fourth-order valence-electron chi connectivity index (χ4n) is 1.75. The third kappa shape index (κ3) is 1.96. The van der Waals surface area contributed by atoms with Crippen LogP contribution in [0.2, 0.25) is 5.02 Å². The van der Waals surface area contributed by atoms with Gasteiger partial charge in [-0.2, -0.15) is 4.98 Å². The van der Waals surface area contributed by atoms with E-state index in [4.69, 9.17) is 31.3 Å². The topological polar surface area (TPSA) is 104 Å². The molecular weight excluding hydrogens is 274 g/mol. The molecule has 0 saturated carbocycles. The predicted octanol–water partition coefficient (Wildman–Crippen LogP) is 1.33. The standard InChI is InChI=1S/C11H10ClN3O4/c12-8-9(16)5(11-14-7(4-13)19-15-11)3-6-10(8)18-2-1-17-6/h3,16H,1-2,4,13H2. The molecule has 1 aromatic heterocycles. The number of fused-ring (bicyclic) bond motifs is 1. The Morgan fingerprint density at radius 1 is 1.37 bits per heavy atom. The van der Waals surface area contributed by atoms with E-state index in [1.165, 1.54) is 0 Å². The Bertz CT molecular complexity index is 629. The number of hydrogen-bond donors (Lipinski definition) is 2. The van der Waals surface area contributed by atoms with Gasteiger partial charge < -0.3 is 24.8 Å². The zero-order chi connectivity index (χ0) is 13.4. The lowest BCUT2D eigenvalue weighted by Crippen LogP contribution is -2.15. The van der Waals surface area contributed by atoms with Crippen molar-refractivity contribution >= 4 is 11.6 Å². The number of rotatable bonds is 2. The van der Waals surface area contributed by atoms with Gasteiger partial charge in [0.1, 0.15) is 24.0 Å². The molecule has 100 valence electrons. The lowest BCUT2D eigenvalue weighted by molar-refractivity contribution is 0.171. The van der Waals surface area contributed by atoms with Crippen LogP contribution in [0.5, 0.6) is 17.2 Å². The van der Waals surface area contributed by atoms with Crippen LogP contribution in [0.1, 0.15) is 5.89 Å². The summed E-state index contributed by atoms with van der Waals surface area (Å²) in [6, 6.07) is 1.56. The van der Waals surface area contributed by atoms with Crippen LogP contribution in [0.15, 0.2) is 10.6 Å². The smallest absolute Gasteiger partial charge is 0.240 e. The van der Waals surface area contributed by atoms with E-state index in [1.807, 2.05) is 0 Å². The fraction of sp³-hybridized carbons (Fsp3) is 0.273. The van der Waals surface area contributed by atoms with Crippen molar-refractivity contribution < 1.29 is 19.1 Å². The maximum Gasteiger partial charge on any atom is 0.240 e. The Kier molecular flexibility index (Phi) is 2.92. The first-order valence-electron chi connectivity index (χ1n) is 5.54. The van der Waals surface area contributed by atoms with Crippen molar-refractivity contribution in [2.24, 2.45) is 5.73 Å². The van der Waals surface area contributed by atoms with Crippen LogP contribution in [0.25, 0.3) is 11.4 Å². The molecule has 3 N–H and O–H groups in total. The number of nitrogens with two attached hydrogens (primary N) is 1. The molecule has 19 heavy (non-hydrogen) atoms. The largest absolute Gasteiger partial charge is 0.505 e. The first-order valence-corrected chi connectivity index (χ1v) is 5.92. The number of aromatic nitrogens is 2. The first kappa shape index (κ1) is 12.1. The molecule has 0 amide bonds. The van der Waals surface area contributed by atoms with E-state index >= 15 is 0 Å². The molecule has 0 saturated heterocycles. The van der Waals surface area contributed by atoms with E-state index in [0.717, 1.165) is 0 Å². The number of hydrogen-bond acceptors (Lipinski definition) is 7. The lowest BCUT2D eigenvalue weighted by Gasteiger charge is -2.20. The Hall–Kier alpha value is -1.99. The Morgan fingerprint density at radius 2 is 2.16 bits per heavy atom. The third-order valence-corrected chi connectivity index (χ3v) is 2.98. The summed E-state index contributed by atoms with van der Waals surface area (Å²) in [4.78, 5) is 4.03. The van der Waals surface area contributed by atoms with Gasteiger partial charge in [-0.15, -0.1) is 0 Å². The van der Waals surface area contributed by atoms with Crippen molar-refractivity contribution in [2.75, 3.05) is 13.2 Å². The molecule has 1 aliphatic heterocycles. The van der Waals surface area contributed by atoms with E-state index in [9.17, 15) is 5.11 Å². The molecule has 7 nitrogen and oxygen atoms in total. The highest BCUT2D eigenvalue weighted by molar-refractivity contribution is 6.34.